The van der Waals surface area contributed by atoms with Crippen molar-refractivity contribution in [3.63, 3.8) is 0 Å². The summed E-state index contributed by atoms with van der Waals surface area (Å²) in [5.74, 6) is 0.774. The van der Waals surface area contributed by atoms with Crippen LogP contribution in [-0.4, -0.2) is 36.6 Å². The van der Waals surface area contributed by atoms with Crippen molar-refractivity contribution >= 4 is 17.2 Å². The Bertz CT molecular complexity index is 482. The second-order valence-corrected chi connectivity index (χ2v) is 7.04. The highest BCUT2D eigenvalue weighted by Crippen LogP contribution is 2.33. The van der Waals surface area contributed by atoms with E-state index in [0.29, 0.717) is 12.5 Å². The summed E-state index contributed by atoms with van der Waals surface area (Å²) in [5, 5.41) is 3.36. The highest BCUT2D eigenvalue weighted by atomic mass is 32.1. The molecule has 2 atom stereocenters. The Morgan fingerprint density at radius 2 is 2.15 bits per heavy atom. The summed E-state index contributed by atoms with van der Waals surface area (Å²) in [6.45, 7) is 6.40. The van der Waals surface area contributed by atoms with Crippen molar-refractivity contribution in [3.8, 4) is 0 Å². The Balaban J connectivity index is 1.79. The van der Waals surface area contributed by atoms with Crippen LogP contribution in [0.2, 0.25) is 0 Å². The molecule has 0 spiro atoms. The molecule has 2 saturated heterocycles. The first-order valence-electron chi connectivity index (χ1n) is 7.35. The minimum atomic E-state index is 0.0547. The zero-order valence-electron chi connectivity index (χ0n) is 12.1. The molecule has 2 aliphatic rings. The molecule has 2 unspecified atom stereocenters. The summed E-state index contributed by atoms with van der Waals surface area (Å²) in [7, 11) is 0. The lowest BCUT2D eigenvalue weighted by Crippen LogP contribution is -2.43. The minimum absolute atomic E-state index is 0.0547. The van der Waals surface area contributed by atoms with Crippen LogP contribution in [0.4, 0.5) is 0 Å². The molecule has 1 N–H and O–H groups in total. The van der Waals surface area contributed by atoms with Crippen LogP contribution < -0.4 is 5.32 Å². The number of ether oxygens (including phenoxy) is 1. The van der Waals surface area contributed by atoms with Crippen LogP contribution >= 0.6 is 11.3 Å². The SMILES string of the molecule is Cc1ccc(C2NCC(=O)N2C(C)C2CCOCC2)s1. The van der Waals surface area contributed by atoms with Gasteiger partial charge < -0.3 is 9.64 Å². The first kappa shape index (κ1) is 14.0. The molecular formula is C15H22N2O2S. The summed E-state index contributed by atoms with van der Waals surface area (Å²) >= 11 is 1.77. The van der Waals surface area contributed by atoms with E-state index in [4.69, 9.17) is 4.74 Å². The molecule has 1 aromatic heterocycles. The predicted octanol–water partition coefficient (Wildman–Crippen LogP) is 2.30. The summed E-state index contributed by atoms with van der Waals surface area (Å²) < 4.78 is 5.44. The maximum absolute atomic E-state index is 12.3. The lowest BCUT2D eigenvalue weighted by atomic mass is 9.91. The van der Waals surface area contributed by atoms with Crippen LogP contribution in [0.15, 0.2) is 12.1 Å². The van der Waals surface area contributed by atoms with Crippen LogP contribution in [0.5, 0.6) is 0 Å². The largest absolute Gasteiger partial charge is 0.381 e. The number of thiophene rings is 1. The number of carbonyl (C=O) groups is 1. The van der Waals surface area contributed by atoms with Crippen LogP contribution in [0, 0.1) is 12.8 Å². The molecule has 20 heavy (non-hydrogen) atoms. The van der Waals surface area contributed by atoms with E-state index < -0.39 is 0 Å². The van der Waals surface area contributed by atoms with E-state index in [1.165, 1.54) is 9.75 Å². The third-order valence-corrected chi connectivity index (χ3v) is 5.48. The van der Waals surface area contributed by atoms with Gasteiger partial charge in [-0.05, 0) is 44.7 Å². The number of hydrogen-bond acceptors (Lipinski definition) is 4. The maximum Gasteiger partial charge on any atom is 0.238 e. The molecule has 1 amide bonds. The quantitative estimate of drug-likeness (QED) is 0.930. The minimum Gasteiger partial charge on any atom is -0.381 e. The fraction of sp³-hybridized carbons (Fsp3) is 0.667. The molecule has 110 valence electrons. The van der Waals surface area contributed by atoms with E-state index in [0.717, 1.165) is 26.1 Å². The van der Waals surface area contributed by atoms with Crippen LogP contribution in [0.3, 0.4) is 0 Å². The highest BCUT2D eigenvalue weighted by molar-refractivity contribution is 7.12. The van der Waals surface area contributed by atoms with E-state index in [1.807, 2.05) is 0 Å². The number of carbonyl (C=O) groups excluding carboxylic acids is 1. The lowest BCUT2D eigenvalue weighted by Gasteiger charge is -2.37. The Labute approximate surface area is 124 Å². The number of aryl methyl sites for hydroxylation is 1. The van der Waals surface area contributed by atoms with Gasteiger partial charge in [0.1, 0.15) is 6.17 Å². The van der Waals surface area contributed by atoms with Gasteiger partial charge in [-0.1, -0.05) is 0 Å². The van der Waals surface area contributed by atoms with Gasteiger partial charge in [-0.15, -0.1) is 11.3 Å². The van der Waals surface area contributed by atoms with Gasteiger partial charge in [0.25, 0.3) is 0 Å². The molecule has 0 aromatic carbocycles. The van der Waals surface area contributed by atoms with Crippen molar-refractivity contribution < 1.29 is 9.53 Å². The second-order valence-electron chi connectivity index (χ2n) is 5.72. The van der Waals surface area contributed by atoms with Crippen LogP contribution in [-0.2, 0) is 9.53 Å². The third kappa shape index (κ3) is 2.62. The predicted molar refractivity (Wildman–Crippen MR) is 79.7 cm³/mol. The second kappa shape index (κ2) is 5.84. The van der Waals surface area contributed by atoms with Gasteiger partial charge in [-0.25, -0.2) is 0 Å². The molecule has 0 bridgehead atoms. The Kier molecular flexibility index (Phi) is 4.10. The summed E-state index contributed by atoms with van der Waals surface area (Å²) in [6.07, 6.45) is 2.17. The van der Waals surface area contributed by atoms with Gasteiger partial charge in [0.05, 0.1) is 6.54 Å². The zero-order chi connectivity index (χ0) is 14.1. The summed E-state index contributed by atoms with van der Waals surface area (Å²) in [5.41, 5.74) is 0. The van der Waals surface area contributed by atoms with Gasteiger partial charge in [-0.2, -0.15) is 0 Å². The van der Waals surface area contributed by atoms with Crippen LogP contribution in [0.25, 0.3) is 0 Å². The van der Waals surface area contributed by atoms with Crippen LogP contribution in [0.1, 0.15) is 35.7 Å². The number of amides is 1. The molecule has 0 saturated carbocycles. The lowest BCUT2D eigenvalue weighted by molar-refractivity contribution is -0.132. The molecule has 2 aliphatic heterocycles. The monoisotopic (exact) mass is 294 g/mol. The molecule has 3 rings (SSSR count). The molecule has 4 nitrogen and oxygen atoms in total. The fourth-order valence-electron chi connectivity index (χ4n) is 3.24. The summed E-state index contributed by atoms with van der Waals surface area (Å²) in [4.78, 5) is 16.9. The highest BCUT2D eigenvalue weighted by Gasteiger charge is 2.38. The molecule has 1 aromatic rings. The molecule has 0 radical (unpaired) electrons. The Hall–Kier alpha value is -0.910. The van der Waals surface area contributed by atoms with Gasteiger partial charge in [0.2, 0.25) is 5.91 Å². The third-order valence-electron chi connectivity index (χ3n) is 4.43. The van der Waals surface area contributed by atoms with Crippen molar-refractivity contribution in [2.45, 2.75) is 38.9 Å². The molecule has 2 fully saturated rings. The molecular weight excluding hydrogens is 272 g/mol. The van der Waals surface area contributed by atoms with Gasteiger partial charge in [0, 0.05) is 29.0 Å². The van der Waals surface area contributed by atoms with Crippen molar-refractivity contribution in [1.29, 1.82) is 0 Å². The first-order chi connectivity index (χ1) is 9.66. The average molecular weight is 294 g/mol. The van der Waals surface area contributed by atoms with Crippen molar-refractivity contribution in [1.82, 2.24) is 10.2 Å². The smallest absolute Gasteiger partial charge is 0.238 e. The maximum atomic E-state index is 12.3. The molecule has 3 heterocycles. The molecule has 0 aliphatic carbocycles. The van der Waals surface area contributed by atoms with E-state index >= 15 is 0 Å². The normalized spacial score (nSPS) is 26.2. The first-order valence-corrected chi connectivity index (χ1v) is 8.17. The van der Waals surface area contributed by atoms with E-state index in [1.54, 1.807) is 11.3 Å². The number of rotatable bonds is 3. The average Bonchev–Trinajstić information content (AvgIpc) is 3.05. The standard InChI is InChI=1S/C15H22N2O2S/c1-10-3-4-13(20-10)15-16-9-14(18)17(15)11(2)12-5-7-19-8-6-12/h3-4,11-12,15-16H,5-9H2,1-2H3. The van der Waals surface area contributed by atoms with Gasteiger partial charge in [0.15, 0.2) is 0 Å². The summed E-state index contributed by atoms with van der Waals surface area (Å²) in [6, 6.07) is 4.54. The van der Waals surface area contributed by atoms with E-state index in [2.05, 4.69) is 36.2 Å². The Morgan fingerprint density at radius 3 is 2.80 bits per heavy atom. The van der Waals surface area contributed by atoms with Crippen molar-refractivity contribution in [3.05, 3.63) is 21.9 Å². The fourth-order valence-corrected chi connectivity index (χ4v) is 4.20. The van der Waals surface area contributed by atoms with E-state index in [9.17, 15) is 4.79 Å². The van der Waals surface area contributed by atoms with Gasteiger partial charge in [-0.3, -0.25) is 10.1 Å². The number of nitrogens with zero attached hydrogens (tertiary/aromatic N) is 1. The Morgan fingerprint density at radius 1 is 1.40 bits per heavy atom. The zero-order valence-corrected chi connectivity index (χ0v) is 12.9. The van der Waals surface area contributed by atoms with Crippen molar-refractivity contribution in [2.24, 2.45) is 5.92 Å². The van der Waals surface area contributed by atoms with Gasteiger partial charge >= 0.3 is 0 Å². The topological polar surface area (TPSA) is 41.6 Å². The molecule has 5 heteroatoms. The van der Waals surface area contributed by atoms with Crippen molar-refractivity contribution in [2.75, 3.05) is 19.8 Å². The van der Waals surface area contributed by atoms with E-state index in [-0.39, 0.29) is 18.1 Å². The number of nitrogens with one attached hydrogen (secondary N) is 1. The number of hydrogen-bond donors (Lipinski definition) is 1.